The number of H-pyrrole nitrogens is 1. The van der Waals surface area contributed by atoms with E-state index in [4.69, 9.17) is 29.0 Å². The summed E-state index contributed by atoms with van der Waals surface area (Å²) in [6, 6.07) is 19.1. The van der Waals surface area contributed by atoms with Crippen LogP contribution < -0.4 is 20.7 Å². The number of rotatable bonds is 27. The average molecular weight is 786 g/mol. The molecule has 1 aliphatic rings. The zero-order valence-electron chi connectivity index (χ0n) is 33.2. The Morgan fingerprint density at radius 1 is 0.807 bits per heavy atom. The number of piperidine rings is 1. The normalized spacial score (nSPS) is 14.2. The highest BCUT2D eigenvalue weighted by Gasteiger charge is 2.37. The smallest absolute Gasteiger partial charge is 0.303 e. The van der Waals surface area contributed by atoms with Gasteiger partial charge in [0.15, 0.2) is 11.6 Å². The van der Waals surface area contributed by atoms with Crippen LogP contribution in [0.5, 0.6) is 5.75 Å². The molecule has 1 atom stereocenters. The van der Waals surface area contributed by atoms with Gasteiger partial charge in [0.1, 0.15) is 5.75 Å². The van der Waals surface area contributed by atoms with Crippen LogP contribution in [0.15, 0.2) is 73.1 Å². The fraction of sp³-hybridized carbons (Fsp3) is 0.512. The first-order valence-corrected chi connectivity index (χ1v) is 20.3. The number of ether oxygens (including phenoxy) is 4. The molecular formula is C43H59N7O7. The quantitative estimate of drug-likeness (QED) is 0.0405. The molecule has 3 heterocycles. The second-order valence-electron chi connectivity index (χ2n) is 14.4. The second kappa shape index (κ2) is 24.0. The van der Waals surface area contributed by atoms with Crippen molar-refractivity contribution < 1.29 is 33.6 Å². The number of carboxylic acid groups (broad SMARTS) is 1. The Hall–Kier alpha value is -4.89. The summed E-state index contributed by atoms with van der Waals surface area (Å²) in [5, 5.41) is 26.6. The van der Waals surface area contributed by atoms with Crippen LogP contribution in [-0.4, -0.2) is 96.5 Å². The van der Waals surface area contributed by atoms with Crippen molar-refractivity contribution in [1.29, 1.82) is 0 Å². The summed E-state index contributed by atoms with van der Waals surface area (Å²) in [5.41, 5.74) is 2.81. The van der Waals surface area contributed by atoms with E-state index < -0.39 is 11.5 Å². The van der Waals surface area contributed by atoms with E-state index in [0.29, 0.717) is 64.1 Å². The Morgan fingerprint density at radius 2 is 1.47 bits per heavy atom. The lowest BCUT2D eigenvalue weighted by Crippen LogP contribution is -2.46. The SMILES string of the molecule is C[C@H](NC(=O)c1cccc(NC2(c3nc(-c4ccncc4)n[nH]3)CCNCC2)c1)c1cccc(OCCCCCCOCCOCCOCCCCCC(=O)O)c1. The Balaban J connectivity index is 0.964. The molecule has 0 unspecified atom stereocenters. The van der Waals surface area contributed by atoms with E-state index in [9.17, 15) is 9.59 Å². The predicted molar refractivity (Wildman–Crippen MR) is 218 cm³/mol. The molecule has 4 aromatic rings. The molecule has 14 nitrogen and oxygen atoms in total. The number of carbonyl (C=O) groups is 2. The summed E-state index contributed by atoms with van der Waals surface area (Å²) in [6.07, 6.45) is 11.8. The molecule has 308 valence electrons. The minimum absolute atomic E-state index is 0.155. The van der Waals surface area contributed by atoms with E-state index in [0.717, 1.165) is 92.8 Å². The molecule has 2 aromatic heterocycles. The van der Waals surface area contributed by atoms with Gasteiger partial charge in [0, 0.05) is 48.8 Å². The number of anilines is 1. The van der Waals surface area contributed by atoms with Crippen LogP contribution in [-0.2, 0) is 24.5 Å². The number of carbonyl (C=O) groups excluding carboxylic acids is 1. The fourth-order valence-electron chi connectivity index (χ4n) is 6.68. The standard InChI is InChI=1S/C43H59N7O7/c1-33(35-11-10-14-38(32-35)57-26-8-3-2-6-24-54-27-29-56-30-28-55-25-7-4-5-15-39(51)52)46-41(53)36-12-9-13-37(31-36)48-43(18-22-45-23-19-43)42-47-40(49-50-42)34-16-20-44-21-17-34/h9-14,16-17,20-21,31-33,45,48H,2-8,15,18-19,22-30H2,1H3,(H,46,53)(H,51,52)(H,47,49,50)/t33-/m0/s1. The summed E-state index contributed by atoms with van der Waals surface area (Å²) in [5.74, 6) is 1.28. The number of unbranched alkanes of at least 4 members (excludes halogenated alkanes) is 5. The minimum Gasteiger partial charge on any atom is -0.494 e. The third-order valence-electron chi connectivity index (χ3n) is 9.92. The van der Waals surface area contributed by atoms with Gasteiger partial charge in [-0.1, -0.05) is 31.0 Å². The molecule has 0 spiro atoms. The molecule has 0 radical (unpaired) electrons. The van der Waals surface area contributed by atoms with E-state index >= 15 is 0 Å². The van der Waals surface area contributed by atoms with Crippen LogP contribution in [0.1, 0.15) is 98.9 Å². The Labute approximate surface area is 335 Å². The van der Waals surface area contributed by atoms with Gasteiger partial charge in [-0.05, 0) is 113 Å². The number of aliphatic carboxylic acids is 1. The van der Waals surface area contributed by atoms with Gasteiger partial charge < -0.3 is 40.0 Å². The summed E-state index contributed by atoms with van der Waals surface area (Å²) in [6.45, 7) is 7.78. The number of carboxylic acids is 1. The maximum Gasteiger partial charge on any atom is 0.303 e. The fourth-order valence-corrected chi connectivity index (χ4v) is 6.68. The molecule has 57 heavy (non-hydrogen) atoms. The van der Waals surface area contributed by atoms with Crippen LogP contribution in [0.4, 0.5) is 5.69 Å². The van der Waals surface area contributed by atoms with E-state index in [-0.39, 0.29) is 18.4 Å². The third-order valence-corrected chi connectivity index (χ3v) is 9.92. The van der Waals surface area contributed by atoms with E-state index in [2.05, 4.69) is 31.1 Å². The number of pyridine rings is 1. The average Bonchev–Trinajstić information content (AvgIpc) is 3.74. The number of hydrogen-bond acceptors (Lipinski definition) is 11. The van der Waals surface area contributed by atoms with Gasteiger partial charge in [-0.25, -0.2) is 4.98 Å². The van der Waals surface area contributed by atoms with E-state index in [1.807, 2.05) is 67.6 Å². The second-order valence-corrected chi connectivity index (χ2v) is 14.4. The minimum atomic E-state index is -0.747. The van der Waals surface area contributed by atoms with Crippen molar-refractivity contribution in [1.82, 2.24) is 30.8 Å². The monoisotopic (exact) mass is 785 g/mol. The summed E-state index contributed by atoms with van der Waals surface area (Å²) in [7, 11) is 0. The van der Waals surface area contributed by atoms with Crippen molar-refractivity contribution in [2.75, 3.05) is 64.7 Å². The van der Waals surface area contributed by atoms with Gasteiger partial charge in [0.25, 0.3) is 5.91 Å². The highest BCUT2D eigenvalue weighted by Crippen LogP contribution is 2.34. The number of hydrogen-bond donors (Lipinski definition) is 5. The Morgan fingerprint density at radius 3 is 2.19 bits per heavy atom. The molecule has 2 aromatic carbocycles. The van der Waals surface area contributed by atoms with Gasteiger partial charge in [0.2, 0.25) is 0 Å². The molecule has 1 aliphatic heterocycles. The Bertz CT molecular complexity index is 1770. The van der Waals surface area contributed by atoms with Crippen molar-refractivity contribution in [2.45, 2.75) is 82.7 Å². The van der Waals surface area contributed by atoms with E-state index in [1.165, 1.54) is 0 Å². The summed E-state index contributed by atoms with van der Waals surface area (Å²) in [4.78, 5) is 33.0. The van der Waals surface area contributed by atoms with Crippen molar-refractivity contribution >= 4 is 17.6 Å². The highest BCUT2D eigenvalue weighted by atomic mass is 16.5. The number of aromatic amines is 1. The zero-order valence-corrected chi connectivity index (χ0v) is 33.2. The van der Waals surface area contributed by atoms with Crippen LogP contribution in [0.3, 0.4) is 0 Å². The van der Waals surface area contributed by atoms with Gasteiger partial charge in [-0.15, -0.1) is 0 Å². The lowest BCUT2D eigenvalue weighted by molar-refractivity contribution is -0.137. The molecule has 0 aliphatic carbocycles. The molecule has 5 N–H and O–H groups in total. The Kier molecular flexibility index (Phi) is 18.2. The highest BCUT2D eigenvalue weighted by molar-refractivity contribution is 5.95. The number of nitrogens with one attached hydrogen (secondary N) is 4. The summed E-state index contributed by atoms with van der Waals surface area (Å²) < 4.78 is 22.8. The number of benzene rings is 2. The molecule has 0 bridgehead atoms. The summed E-state index contributed by atoms with van der Waals surface area (Å²) >= 11 is 0. The van der Waals surface area contributed by atoms with Crippen LogP contribution in [0.2, 0.25) is 0 Å². The van der Waals surface area contributed by atoms with Crippen molar-refractivity contribution in [3.05, 3.63) is 90.0 Å². The number of amides is 1. The lowest BCUT2D eigenvalue weighted by atomic mass is 9.87. The lowest BCUT2D eigenvalue weighted by Gasteiger charge is -2.37. The molecule has 14 heteroatoms. The first-order valence-electron chi connectivity index (χ1n) is 20.3. The maximum atomic E-state index is 13.5. The third kappa shape index (κ3) is 14.8. The molecule has 1 fully saturated rings. The topological polar surface area (TPSA) is 182 Å². The molecule has 0 saturated carbocycles. The molecule has 5 rings (SSSR count). The largest absolute Gasteiger partial charge is 0.494 e. The van der Waals surface area contributed by atoms with E-state index in [1.54, 1.807) is 12.4 Å². The first kappa shape index (κ1) is 43.2. The number of aromatic nitrogens is 4. The van der Waals surface area contributed by atoms with Crippen molar-refractivity contribution in [3.8, 4) is 17.1 Å². The van der Waals surface area contributed by atoms with Gasteiger partial charge in [-0.2, -0.15) is 5.10 Å². The van der Waals surface area contributed by atoms with Crippen molar-refractivity contribution in [2.24, 2.45) is 0 Å². The predicted octanol–water partition coefficient (Wildman–Crippen LogP) is 6.68. The van der Waals surface area contributed by atoms with Crippen LogP contribution >= 0.6 is 0 Å². The molecule has 1 amide bonds. The number of nitrogens with zero attached hydrogens (tertiary/aromatic N) is 3. The molecule has 1 saturated heterocycles. The van der Waals surface area contributed by atoms with Gasteiger partial charge >= 0.3 is 5.97 Å². The zero-order chi connectivity index (χ0) is 40.0. The van der Waals surface area contributed by atoms with Crippen molar-refractivity contribution in [3.63, 3.8) is 0 Å². The van der Waals surface area contributed by atoms with Crippen LogP contribution in [0, 0.1) is 0 Å². The maximum absolute atomic E-state index is 13.5. The van der Waals surface area contributed by atoms with Gasteiger partial charge in [-0.3, -0.25) is 19.7 Å². The van der Waals surface area contributed by atoms with Crippen LogP contribution in [0.25, 0.3) is 11.4 Å². The molecular weight excluding hydrogens is 727 g/mol. The van der Waals surface area contributed by atoms with Gasteiger partial charge in [0.05, 0.1) is 44.6 Å². The first-order chi connectivity index (χ1) is 27.9.